The first-order valence-electron chi connectivity index (χ1n) is 7.35. The van der Waals surface area contributed by atoms with Crippen molar-refractivity contribution in [2.45, 2.75) is 19.6 Å². The van der Waals surface area contributed by atoms with Gasteiger partial charge in [-0.15, -0.1) is 0 Å². The van der Waals surface area contributed by atoms with Crippen LogP contribution in [0.15, 0.2) is 54.6 Å². The summed E-state index contributed by atoms with van der Waals surface area (Å²) in [5.74, 6) is -0.544. The Bertz CT molecular complexity index is 654. The Morgan fingerprint density at radius 2 is 1.70 bits per heavy atom. The van der Waals surface area contributed by atoms with Crippen molar-refractivity contribution < 1.29 is 14.3 Å². The van der Waals surface area contributed by atoms with Crippen molar-refractivity contribution in [3.8, 4) is 0 Å². The normalized spacial score (nSPS) is 11.6. The lowest BCUT2D eigenvalue weighted by atomic mass is 10.2. The van der Waals surface area contributed by atoms with Gasteiger partial charge in [-0.2, -0.15) is 0 Å². The largest absolute Gasteiger partial charge is 0.380 e. The number of amides is 2. The second-order valence-corrected chi connectivity index (χ2v) is 5.18. The van der Waals surface area contributed by atoms with Gasteiger partial charge in [0.25, 0.3) is 5.91 Å². The highest BCUT2D eigenvalue weighted by Crippen LogP contribution is 2.10. The average molecular weight is 312 g/mol. The maximum atomic E-state index is 12.1. The van der Waals surface area contributed by atoms with Gasteiger partial charge in [-0.25, -0.2) is 0 Å². The van der Waals surface area contributed by atoms with Crippen LogP contribution in [0.3, 0.4) is 0 Å². The lowest BCUT2D eigenvalue weighted by Crippen LogP contribution is -2.41. The van der Waals surface area contributed by atoms with Crippen LogP contribution >= 0.6 is 0 Å². The Labute approximate surface area is 135 Å². The molecule has 0 unspecified atom stereocenters. The van der Waals surface area contributed by atoms with Crippen LogP contribution in [0.1, 0.15) is 22.8 Å². The summed E-state index contributed by atoms with van der Waals surface area (Å²) in [6, 6.07) is 15.5. The summed E-state index contributed by atoms with van der Waals surface area (Å²) in [5, 5.41) is 5.45. The molecule has 0 saturated heterocycles. The molecule has 0 spiro atoms. The Hall–Kier alpha value is -2.66. The molecule has 2 aromatic carbocycles. The van der Waals surface area contributed by atoms with Gasteiger partial charge in [0.1, 0.15) is 6.04 Å². The molecule has 2 aromatic rings. The summed E-state index contributed by atoms with van der Waals surface area (Å²) in [6.07, 6.45) is 0. The van der Waals surface area contributed by atoms with Crippen molar-refractivity contribution in [2.24, 2.45) is 0 Å². The zero-order valence-electron chi connectivity index (χ0n) is 13.2. The highest BCUT2D eigenvalue weighted by molar-refractivity contribution is 6.00. The number of anilines is 1. The van der Waals surface area contributed by atoms with E-state index in [0.29, 0.717) is 17.9 Å². The van der Waals surface area contributed by atoms with Crippen molar-refractivity contribution >= 4 is 17.5 Å². The lowest BCUT2D eigenvalue weighted by Gasteiger charge is -2.14. The standard InChI is InChI=1S/C18H20N2O3/c1-13(19-18(22)15-6-4-3-5-7-15)17(21)20-16-10-8-14(9-11-16)12-23-2/h3-11,13H,12H2,1-2H3,(H,19,22)(H,20,21)/t13-/m1/s1. The van der Waals surface area contributed by atoms with Crippen LogP contribution in [0, 0.1) is 0 Å². The van der Waals surface area contributed by atoms with E-state index in [1.807, 2.05) is 18.2 Å². The SMILES string of the molecule is COCc1ccc(NC(=O)[C@@H](C)NC(=O)c2ccccc2)cc1. The molecule has 5 nitrogen and oxygen atoms in total. The Balaban J connectivity index is 1.90. The van der Waals surface area contributed by atoms with Crippen LogP contribution in [0.4, 0.5) is 5.69 Å². The van der Waals surface area contributed by atoms with Crippen molar-refractivity contribution in [3.63, 3.8) is 0 Å². The molecular weight excluding hydrogens is 292 g/mol. The number of ether oxygens (including phenoxy) is 1. The van der Waals surface area contributed by atoms with Crippen molar-refractivity contribution in [1.29, 1.82) is 0 Å². The number of benzene rings is 2. The summed E-state index contributed by atoms with van der Waals surface area (Å²) in [6.45, 7) is 2.17. The highest BCUT2D eigenvalue weighted by atomic mass is 16.5. The monoisotopic (exact) mass is 312 g/mol. The molecule has 0 heterocycles. The van der Waals surface area contributed by atoms with Gasteiger partial charge in [-0.05, 0) is 36.8 Å². The van der Waals surface area contributed by atoms with Crippen LogP contribution < -0.4 is 10.6 Å². The molecule has 0 saturated carbocycles. The fraction of sp³-hybridized carbons (Fsp3) is 0.222. The summed E-state index contributed by atoms with van der Waals surface area (Å²) in [5.41, 5.74) is 2.22. The predicted molar refractivity (Wildman–Crippen MR) is 89.2 cm³/mol. The molecule has 2 amide bonds. The average Bonchev–Trinajstić information content (AvgIpc) is 2.57. The van der Waals surface area contributed by atoms with Gasteiger partial charge in [-0.3, -0.25) is 9.59 Å². The number of carbonyl (C=O) groups excluding carboxylic acids is 2. The number of nitrogens with one attached hydrogen (secondary N) is 2. The van der Waals surface area contributed by atoms with E-state index in [1.165, 1.54) is 0 Å². The zero-order chi connectivity index (χ0) is 16.7. The van der Waals surface area contributed by atoms with E-state index in [9.17, 15) is 9.59 Å². The van der Waals surface area contributed by atoms with Gasteiger partial charge in [0.15, 0.2) is 0 Å². The minimum Gasteiger partial charge on any atom is -0.380 e. The molecule has 0 aliphatic heterocycles. The van der Waals surface area contributed by atoms with Crippen LogP contribution in [0.25, 0.3) is 0 Å². The summed E-state index contributed by atoms with van der Waals surface area (Å²) in [7, 11) is 1.63. The molecule has 120 valence electrons. The molecule has 0 aliphatic carbocycles. The molecule has 0 bridgehead atoms. The molecular formula is C18H20N2O3. The zero-order valence-corrected chi connectivity index (χ0v) is 13.2. The highest BCUT2D eigenvalue weighted by Gasteiger charge is 2.16. The van der Waals surface area contributed by atoms with Crippen molar-refractivity contribution in [1.82, 2.24) is 5.32 Å². The third-order valence-electron chi connectivity index (χ3n) is 3.31. The molecule has 5 heteroatoms. The third kappa shape index (κ3) is 4.93. The molecule has 2 rings (SSSR count). The second-order valence-electron chi connectivity index (χ2n) is 5.18. The van der Waals surface area contributed by atoms with Gasteiger partial charge < -0.3 is 15.4 Å². The second kappa shape index (κ2) is 8.10. The molecule has 2 N–H and O–H groups in total. The number of hydrogen-bond donors (Lipinski definition) is 2. The van der Waals surface area contributed by atoms with E-state index in [1.54, 1.807) is 50.4 Å². The van der Waals surface area contributed by atoms with E-state index >= 15 is 0 Å². The molecule has 0 aromatic heterocycles. The van der Waals surface area contributed by atoms with Gasteiger partial charge >= 0.3 is 0 Å². The maximum Gasteiger partial charge on any atom is 0.251 e. The van der Waals surface area contributed by atoms with Crippen LogP contribution in [0.5, 0.6) is 0 Å². The van der Waals surface area contributed by atoms with Gasteiger partial charge in [0, 0.05) is 18.4 Å². The first-order chi connectivity index (χ1) is 11.1. The van der Waals surface area contributed by atoms with Gasteiger partial charge in [-0.1, -0.05) is 30.3 Å². The number of rotatable bonds is 6. The quantitative estimate of drug-likeness (QED) is 0.861. The van der Waals surface area contributed by atoms with Crippen LogP contribution in [-0.4, -0.2) is 25.0 Å². The number of hydrogen-bond acceptors (Lipinski definition) is 3. The Morgan fingerprint density at radius 1 is 1.04 bits per heavy atom. The topological polar surface area (TPSA) is 67.4 Å². The first kappa shape index (κ1) is 16.7. The van der Waals surface area contributed by atoms with Crippen LogP contribution in [-0.2, 0) is 16.1 Å². The molecule has 23 heavy (non-hydrogen) atoms. The lowest BCUT2D eigenvalue weighted by molar-refractivity contribution is -0.117. The van der Waals surface area contributed by atoms with E-state index in [4.69, 9.17) is 4.74 Å². The smallest absolute Gasteiger partial charge is 0.251 e. The summed E-state index contributed by atoms with van der Waals surface area (Å²) < 4.78 is 5.04. The Morgan fingerprint density at radius 3 is 2.30 bits per heavy atom. The minimum atomic E-state index is -0.638. The Kier molecular flexibility index (Phi) is 5.88. The van der Waals surface area contributed by atoms with E-state index in [2.05, 4.69) is 10.6 Å². The van der Waals surface area contributed by atoms with Crippen molar-refractivity contribution in [2.75, 3.05) is 12.4 Å². The third-order valence-corrected chi connectivity index (χ3v) is 3.31. The molecule has 0 aliphatic rings. The fourth-order valence-electron chi connectivity index (χ4n) is 2.04. The van der Waals surface area contributed by atoms with Crippen LogP contribution in [0.2, 0.25) is 0 Å². The number of carbonyl (C=O) groups is 2. The van der Waals surface area contributed by atoms with E-state index in [-0.39, 0.29) is 11.8 Å². The van der Waals surface area contributed by atoms with Gasteiger partial charge in [0.2, 0.25) is 5.91 Å². The van der Waals surface area contributed by atoms with Gasteiger partial charge in [0.05, 0.1) is 6.61 Å². The maximum absolute atomic E-state index is 12.1. The minimum absolute atomic E-state index is 0.270. The number of methoxy groups -OCH3 is 1. The molecule has 0 radical (unpaired) electrons. The fourth-order valence-corrected chi connectivity index (χ4v) is 2.04. The first-order valence-corrected chi connectivity index (χ1v) is 7.35. The van der Waals surface area contributed by atoms with Crippen molar-refractivity contribution in [3.05, 3.63) is 65.7 Å². The summed E-state index contributed by atoms with van der Waals surface area (Å²) in [4.78, 5) is 24.2. The van der Waals surface area contributed by atoms with E-state index < -0.39 is 6.04 Å². The summed E-state index contributed by atoms with van der Waals surface area (Å²) >= 11 is 0. The van der Waals surface area contributed by atoms with E-state index in [0.717, 1.165) is 5.56 Å². The molecule has 1 atom stereocenters. The molecule has 0 fully saturated rings. The predicted octanol–water partition coefficient (Wildman–Crippen LogP) is 2.59.